The largest absolute Gasteiger partial charge is 0.465 e. The lowest BCUT2D eigenvalue weighted by atomic mass is 10.2. The molecule has 2 N–H and O–H groups in total. The van der Waals surface area contributed by atoms with Gasteiger partial charge in [-0.2, -0.15) is 0 Å². The Morgan fingerprint density at radius 3 is 2.62 bits per heavy atom. The summed E-state index contributed by atoms with van der Waals surface area (Å²) in [6.07, 6.45) is 0.360. The van der Waals surface area contributed by atoms with Gasteiger partial charge in [0.1, 0.15) is 18.1 Å². The van der Waals surface area contributed by atoms with Crippen molar-refractivity contribution >= 4 is 34.6 Å². The van der Waals surface area contributed by atoms with Crippen molar-refractivity contribution in [3.8, 4) is 0 Å². The van der Waals surface area contributed by atoms with E-state index in [0.717, 1.165) is 16.9 Å². The number of esters is 1. The maximum absolute atomic E-state index is 11.9. The summed E-state index contributed by atoms with van der Waals surface area (Å²) in [6, 6.07) is 9.27. The number of methoxy groups -OCH3 is 1. The number of thiazole rings is 1. The van der Waals surface area contributed by atoms with E-state index in [0.29, 0.717) is 5.69 Å². The van der Waals surface area contributed by atoms with Crippen LogP contribution in [0.3, 0.4) is 0 Å². The van der Waals surface area contributed by atoms with Gasteiger partial charge in [-0.3, -0.25) is 5.32 Å². The molecule has 0 fully saturated rings. The number of nitrogens with one attached hydrogen (secondary N) is 2. The normalized spacial score (nSPS) is 9.97. The molecular formula is C19H21N3O6S. The first-order chi connectivity index (χ1) is 14.0. The van der Waals surface area contributed by atoms with Crippen LogP contribution in [0.15, 0.2) is 43.0 Å². The van der Waals surface area contributed by atoms with Gasteiger partial charge in [0.15, 0.2) is 5.13 Å². The van der Waals surface area contributed by atoms with Crippen molar-refractivity contribution < 1.29 is 28.6 Å². The Balaban J connectivity index is 1.89. The standard InChI is InChI=1S/C19H21N3O6S/c1-3-11-27-19(25)22-17-21-14(15(29-17)16(23)26-2)9-10-20-18(24)28-12-13-7-5-4-6-8-13/h3-8H,1,9-12H2,2H3,(H,20,24)(H,21,22,25). The van der Waals surface area contributed by atoms with Crippen molar-refractivity contribution in [2.45, 2.75) is 13.0 Å². The summed E-state index contributed by atoms with van der Waals surface area (Å²) in [5.74, 6) is -0.586. The van der Waals surface area contributed by atoms with Crippen molar-refractivity contribution in [2.75, 3.05) is 25.6 Å². The average Bonchev–Trinajstić information content (AvgIpc) is 3.13. The average molecular weight is 419 g/mol. The molecule has 0 aliphatic carbocycles. The van der Waals surface area contributed by atoms with Gasteiger partial charge in [-0.25, -0.2) is 19.4 Å². The second-order valence-corrected chi connectivity index (χ2v) is 6.54. The van der Waals surface area contributed by atoms with Gasteiger partial charge in [0.05, 0.1) is 12.8 Å². The number of hydrogen-bond donors (Lipinski definition) is 2. The van der Waals surface area contributed by atoms with Gasteiger partial charge in [-0.05, 0) is 5.56 Å². The molecule has 9 nitrogen and oxygen atoms in total. The summed E-state index contributed by atoms with van der Waals surface area (Å²) in [4.78, 5) is 39.8. The van der Waals surface area contributed by atoms with Gasteiger partial charge < -0.3 is 19.5 Å². The molecule has 0 atom stereocenters. The molecule has 0 aliphatic rings. The van der Waals surface area contributed by atoms with E-state index in [1.807, 2.05) is 30.3 Å². The van der Waals surface area contributed by atoms with Crippen LogP contribution in [-0.4, -0.2) is 43.4 Å². The Labute approximate surface area is 171 Å². The minimum Gasteiger partial charge on any atom is -0.465 e. The molecule has 2 aromatic rings. The molecule has 1 heterocycles. The van der Waals surface area contributed by atoms with Gasteiger partial charge in [0.2, 0.25) is 0 Å². The molecule has 0 bridgehead atoms. The van der Waals surface area contributed by atoms with E-state index < -0.39 is 18.2 Å². The fourth-order valence-corrected chi connectivity index (χ4v) is 3.06. The van der Waals surface area contributed by atoms with Crippen LogP contribution in [0.1, 0.15) is 20.9 Å². The number of amides is 2. The van der Waals surface area contributed by atoms with Gasteiger partial charge in [-0.1, -0.05) is 54.3 Å². The third kappa shape index (κ3) is 7.26. The molecule has 154 valence electrons. The van der Waals surface area contributed by atoms with Crippen molar-refractivity contribution in [1.82, 2.24) is 10.3 Å². The maximum atomic E-state index is 11.9. The van der Waals surface area contributed by atoms with Crippen molar-refractivity contribution in [3.05, 3.63) is 59.1 Å². The second-order valence-electron chi connectivity index (χ2n) is 5.54. The number of hydrogen-bond acceptors (Lipinski definition) is 8. The Hall–Kier alpha value is -3.40. The van der Waals surface area contributed by atoms with Crippen LogP contribution in [-0.2, 0) is 27.2 Å². The van der Waals surface area contributed by atoms with Crippen LogP contribution in [0.2, 0.25) is 0 Å². The summed E-state index contributed by atoms with van der Waals surface area (Å²) in [5.41, 5.74) is 1.25. The lowest BCUT2D eigenvalue weighted by Crippen LogP contribution is -2.26. The van der Waals surface area contributed by atoms with E-state index >= 15 is 0 Å². The first-order valence-corrected chi connectivity index (χ1v) is 9.42. The first-order valence-electron chi connectivity index (χ1n) is 8.60. The molecule has 0 saturated heterocycles. The highest BCUT2D eigenvalue weighted by Gasteiger charge is 2.20. The van der Waals surface area contributed by atoms with E-state index in [2.05, 4.69) is 22.2 Å². The van der Waals surface area contributed by atoms with Crippen molar-refractivity contribution in [3.63, 3.8) is 0 Å². The van der Waals surface area contributed by atoms with E-state index in [9.17, 15) is 14.4 Å². The van der Waals surface area contributed by atoms with Crippen LogP contribution in [0.5, 0.6) is 0 Å². The Kier molecular flexibility index (Phi) is 8.64. The lowest BCUT2D eigenvalue weighted by Gasteiger charge is -2.07. The topological polar surface area (TPSA) is 116 Å². The zero-order chi connectivity index (χ0) is 21.1. The number of carbonyl (C=O) groups excluding carboxylic acids is 3. The molecule has 0 spiro atoms. The number of alkyl carbamates (subject to hydrolysis) is 1. The maximum Gasteiger partial charge on any atom is 0.413 e. The number of nitrogens with zero attached hydrogens (tertiary/aromatic N) is 1. The quantitative estimate of drug-likeness (QED) is 0.364. The highest BCUT2D eigenvalue weighted by Crippen LogP contribution is 2.24. The van der Waals surface area contributed by atoms with Gasteiger partial charge in [0, 0.05) is 13.0 Å². The SMILES string of the molecule is C=CCOC(=O)Nc1nc(CCNC(=O)OCc2ccccc2)c(C(=O)OC)s1. The molecule has 1 aromatic heterocycles. The number of aromatic nitrogens is 1. The van der Waals surface area contributed by atoms with E-state index in [-0.39, 0.29) is 36.2 Å². The molecule has 29 heavy (non-hydrogen) atoms. The monoisotopic (exact) mass is 419 g/mol. The van der Waals surface area contributed by atoms with Crippen LogP contribution < -0.4 is 10.6 Å². The molecule has 1 aromatic carbocycles. The summed E-state index contributed by atoms with van der Waals surface area (Å²) in [6.45, 7) is 3.82. The zero-order valence-corrected chi connectivity index (χ0v) is 16.6. The lowest BCUT2D eigenvalue weighted by molar-refractivity contribution is 0.0604. The number of ether oxygens (including phenoxy) is 3. The smallest absolute Gasteiger partial charge is 0.413 e. The van der Waals surface area contributed by atoms with Crippen LogP contribution in [0, 0.1) is 0 Å². The number of anilines is 1. The number of benzene rings is 1. The molecule has 0 saturated carbocycles. The third-order valence-electron chi connectivity index (χ3n) is 3.45. The third-order valence-corrected chi connectivity index (χ3v) is 4.45. The van der Waals surface area contributed by atoms with Crippen LogP contribution in [0.25, 0.3) is 0 Å². The van der Waals surface area contributed by atoms with E-state index in [1.165, 1.54) is 13.2 Å². The summed E-state index contributed by atoms with van der Waals surface area (Å²) >= 11 is 0.953. The van der Waals surface area contributed by atoms with E-state index in [1.54, 1.807) is 0 Å². The summed E-state index contributed by atoms with van der Waals surface area (Å²) < 4.78 is 14.7. The molecule has 0 aliphatic heterocycles. The van der Waals surface area contributed by atoms with Crippen molar-refractivity contribution in [1.29, 1.82) is 0 Å². The van der Waals surface area contributed by atoms with Crippen LogP contribution in [0.4, 0.5) is 14.7 Å². The minimum atomic E-state index is -0.718. The molecule has 2 rings (SSSR count). The highest BCUT2D eigenvalue weighted by molar-refractivity contribution is 7.17. The van der Waals surface area contributed by atoms with E-state index in [4.69, 9.17) is 14.2 Å². The Morgan fingerprint density at radius 2 is 1.93 bits per heavy atom. The predicted molar refractivity (Wildman–Crippen MR) is 107 cm³/mol. The zero-order valence-electron chi connectivity index (χ0n) is 15.8. The summed E-state index contributed by atoms with van der Waals surface area (Å²) in [7, 11) is 1.25. The fourth-order valence-electron chi connectivity index (χ4n) is 2.14. The molecule has 10 heteroatoms. The van der Waals surface area contributed by atoms with Crippen molar-refractivity contribution in [2.24, 2.45) is 0 Å². The fraction of sp³-hybridized carbons (Fsp3) is 0.263. The van der Waals surface area contributed by atoms with Gasteiger partial charge in [-0.15, -0.1) is 0 Å². The molecular weight excluding hydrogens is 398 g/mol. The summed E-state index contributed by atoms with van der Waals surface area (Å²) in [5, 5.41) is 5.21. The minimum absolute atomic E-state index is 0.0446. The van der Waals surface area contributed by atoms with Crippen LogP contribution >= 0.6 is 11.3 Å². The van der Waals surface area contributed by atoms with Gasteiger partial charge in [0.25, 0.3) is 0 Å². The predicted octanol–water partition coefficient (Wildman–Crippen LogP) is 3.13. The number of carbonyl (C=O) groups is 3. The van der Waals surface area contributed by atoms with Gasteiger partial charge >= 0.3 is 18.2 Å². The Bertz CT molecular complexity index is 853. The highest BCUT2D eigenvalue weighted by atomic mass is 32.1. The molecule has 0 unspecified atom stereocenters. The number of rotatable bonds is 9. The molecule has 0 radical (unpaired) electrons. The first kappa shape index (κ1) is 21.9. The second kappa shape index (κ2) is 11.4. The molecule has 2 amide bonds. The Morgan fingerprint density at radius 1 is 1.17 bits per heavy atom.